The minimum absolute atomic E-state index is 0.165. The van der Waals surface area contributed by atoms with E-state index in [-0.39, 0.29) is 12.0 Å². The van der Waals surface area contributed by atoms with Crippen LogP contribution >= 0.6 is 34.8 Å². The van der Waals surface area contributed by atoms with E-state index in [0.717, 1.165) is 23.4 Å². The third kappa shape index (κ3) is 2.91. The number of nitrogens with one attached hydrogen (secondary N) is 1. The Morgan fingerprint density at radius 3 is 2.60 bits per heavy atom. The second kappa shape index (κ2) is 6.75. The third-order valence-electron chi connectivity index (χ3n) is 5.03. The van der Waals surface area contributed by atoms with Gasteiger partial charge in [-0.1, -0.05) is 59.1 Å². The van der Waals surface area contributed by atoms with Crippen molar-refractivity contribution in [1.82, 2.24) is 0 Å². The Labute approximate surface area is 162 Å². The maximum absolute atomic E-state index is 6.52. The monoisotopic (exact) mass is 393 g/mol. The number of hydrogen-bond acceptors (Lipinski definition) is 2. The molecule has 0 aromatic heterocycles. The number of anilines is 1. The van der Waals surface area contributed by atoms with Crippen molar-refractivity contribution in [3.05, 3.63) is 68.7 Å². The van der Waals surface area contributed by atoms with Gasteiger partial charge in [0.2, 0.25) is 0 Å². The van der Waals surface area contributed by atoms with E-state index >= 15 is 0 Å². The summed E-state index contributed by atoms with van der Waals surface area (Å²) in [6, 6.07) is 10.2. The molecule has 25 heavy (non-hydrogen) atoms. The summed E-state index contributed by atoms with van der Waals surface area (Å²) in [7, 11) is 0. The van der Waals surface area contributed by atoms with Gasteiger partial charge in [0.15, 0.2) is 0 Å². The van der Waals surface area contributed by atoms with Crippen LogP contribution in [0, 0.1) is 5.92 Å². The largest absolute Gasteiger partial charge is 0.494 e. The summed E-state index contributed by atoms with van der Waals surface area (Å²) in [6.07, 6.45) is 5.44. The summed E-state index contributed by atoms with van der Waals surface area (Å²) in [5.41, 5.74) is 3.12. The Balaban J connectivity index is 1.76. The molecule has 2 nitrogen and oxygen atoms in total. The van der Waals surface area contributed by atoms with Gasteiger partial charge in [0, 0.05) is 11.5 Å². The molecule has 0 radical (unpaired) electrons. The first-order valence-electron chi connectivity index (χ1n) is 8.43. The fourth-order valence-electron chi connectivity index (χ4n) is 3.93. The van der Waals surface area contributed by atoms with Crippen LogP contribution in [0.4, 0.5) is 5.69 Å². The predicted octanol–water partition coefficient (Wildman–Crippen LogP) is 6.87. The van der Waals surface area contributed by atoms with E-state index in [1.165, 1.54) is 5.56 Å². The van der Waals surface area contributed by atoms with Crippen molar-refractivity contribution in [2.24, 2.45) is 5.92 Å². The minimum Gasteiger partial charge on any atom is -0.494 e. The molecule has 2 aliphatic rings. The Morgan fingerprint density at radius 1 is 1.12 bits per heavy atom. The Hall–Kier alpha value is -1.35. The lowest BCUT2D eigenvalue weighted by Crippen LogP contribution is -2.29. The van der Waals surface area contributed by atoms with Crippen LogP contribution in [0.25, 0.3) is 0 Å². The number of halogens is 3. The summed E-state index contributed by atoms with van der Waals surface area (Å²) in [4.78, 5) is 0. The zero-order valence-corrected chi connectivity index (χ0v) is 16.0. The predicted molar refractivity (Wildman–Crippen MR) is 105 cm³/mol. The van der Waals surface area contributed by atoms with E-state index < -0.39 is 0 Å². The summed E-state index contributed by atoms with van der Waals surface area (Å²) >= 11 is 19.3. The number of ether oxygens (including phenoxy) is 1. The van der Waals surface area contributed by atoms with Gasteiger partial charge in [-0.25, -0.2) is 0 Å². The molecule has 0 amide bonds. The van der Waals surface area contributed by atoms with Crippen LogP contribution in [-0.2, 0) is 0 Å². The average molecular weight is 395 g/mol. The number of rotatable bonds is 3. The van der Waals surface area contributed by atoms with Crippen molar-refractivity contribution < 1.29 is 4.74 Å². The van der Waals surface area contributed by atoms with Crippen molar-refractivity contribution in [3.63, 3.8) is 0 Å². The van der Waals surface area contributed by atoms with Crippen LogP contribution < -0.4 is 10.1 Å². The maximum Gasteiger partial charge on any atom is 0.119 e. The summed E-state index contributed by atoms with van der Waals surface area (Å²) < 4.78 is 5.55. The highest BCUT2D eigenvalue weighted by atomic mass is 35.5. The van der Waals surface area contributed by atoms with Gasteiger partial charge in [-0.3, -0.25) is 0 Å². The Morgan fingerprint density at radius 2 is 1.88 bits per heavy atom. The minimum atomic E-state index is 0.165. The topological polar surface area (TPSA) is 21.3 Å². The highest BCUT2D eigenvalue weighted by Gasteiger charge is 2.40. The summed E-state index contributed by atoms with van der Waals surface area (Å²) in [6.45, 7) is 2.65. The Kier molecular flexibility index (Phi) is 4.61. The van der Waals surface area contributed by atoms with Gasteiger partial charge in [0.05, 0.1) is 33.4 Å². The molecular weight excluding hydrogens is 377 g/mol. The molecule has 3 unspecified atom stereocenters. The molecule has 0 saturated carbocycles. The molecule has 1 N–H and O–H groups in total. The molecule has 0 bridgehead atoms. The molecule has 0 saturated heterocycles. The molecule has 0 spiro atoms. The quantitative estimate of drug-likeness (QED) is 0.453. The molecule has 2 aromatic rings. The second-order valence-corrected chi connectivity index (χ2v) is 7.61. The van der Waals surface area contributed by atoms with Crippen molar-refractivity contribution in [2.75, 3.05) is 11.9 Å². The van der Waals surface area contributed by atoms with E-state index in [0.29, 0.717) is 27.6 Å². The lowest BCUT2D eigenvalue weighted by Gasteiger charge is -2.38. The van der Waals surface area contributed by atoms with Crippen molar-refractivity contribution in [2.45, 2.75) is 25.3 Å². The lowest BCUT2D eigenvalue weighted by molar-refractivity contribution is 0.340. The van der Waals surface area contributed by atoms with Crippen molar-refractivity contribution in [1.29, 1.82) is 0 Å². The van der Waals surface area contributed by atoms with E-state index in [4.69, 9.17) is 39.5 Å². The molecule has 130 valence electrons. The fraction of sp³-hybridized carbons (Fsp3) is 0.300. The molecule has 1 aliphatic heterocycles. The van der Waals surface area contributed by atoms with E-state index in [2.05, 4.69) is 29.6 Å². The first-order valence-corrected chi connectivity index (χ1v) is 9.57. The van der Waals surface area contributed by atoms with Crippen LogP contribution in [0.5, 0.6) is 5.75 Å². The number of allylic oxidation sites excluding steroid dienone is 2. The van der Waals surface area contributed by atoms with Crippen LogP contribution in [-0.4, -0.2) is 6.61 Å². The zero-order valence-electron chi connectivity index (χ0n) is 13.7. The molecular formula is C20H18Cl3NO. The van der Waals surface area contributed by atoms with E-state index in [9.17, 15) is 0 Å². The Bertz CT molecular complexity index is 832. The summed E-state index contributed by atoms with van der Waals surface area (Å²) in [5.74, 6) is 1.49. The van der Waals surface area contributed by atoms with Gasteiger partial charge in [-0.15, -0.1) is 0 Å². The van der Waals surface area contributed by atoms with Crippen LogP contribution in [0.15, 0.2) is 42.5 Å². The zero-order chi connectivity index (χ0) is 17.6. The molecule has 3 atom stereocenters. The molecule has 1 heterocycles. The number of hydrogen-bond donors (Lipinski definition) is 1. The normalized spacial score (nSPS) is 23.8. The average Bonchev–Trinajstić information content (AvgIpc) is 3.09. The first kappa shape index (κ1) is 17.1. The summed E-state index contributed by atoms with van der Waals surface area (Å²) in [5, 5.41) is 5.33. The molecule has 4 rings (SSSR count). The van der Waals surface area contributed by atoms with Crippen LogP contribution in [0.2, 0.25) is 15.1 Å². The first-order chi connectivity index (χ1) is 12.1. The standard InChI is InChI=1S/C20H18Cl3NO/c1-2-25-12-8-6-11(7-9-12)19-14-5-3-4-13(14)17-18(23)15(21)10-16(22)20(17)24-19/h3-4,6-10,13-14,19,24H,2,5H2,1H3. The van der Waals surface area contributed by atoms with Gasteiger partial charge in [-0.05, 0) is 43.0 Å². The lowest BCUT2D eigenvalue weighted by atomic mass is 9.77. The van der Waals surface area contributed by atoms with Gasteiger partial charge in [0.1, 0.15) is 5.75 Å². The van der Waals surface area contributed by atoms with Gasteiger partial charge >= 0.3 is 0 Å². The van der Waals surface area contributed by atoms with Crippen LogP contribution in [0.3, 0.4) is 0 Å². The van der Waals surface area contributed by atoms with Gasteiger partial charge in [-0.2, -0.15) is 0 Å². The number of fused-ring (bicyclic) bond motifs is 3. The molecule has 1 aliphatic carbocycles. The number of benzene rings is 2. The second-order valence-electron chi connectivity index (χ2n) is 6.42. The van der Waals surface area contributed by atoms with Gasteiger partial charge in [0.25, 0.3) is 0 Å². The molecule has 2 aromatic carbocycles. The third-order valence-corrected chi connectivity index (χ3v) is 6.13. The van der Waals surface area contributed by atoms with Gasteiger partial charge < -0.3 is 10.1 Å². The molecule has 5 heteroatoms. The fourth-order valence-corrected chi connectivity index (χ4v) is 4.74. The maximum atomic E-state index is 6.52. The van der Waals surface area contributed by atoms with E-state index in [1.54, 1.807) is 6.07 Å². The highest BCUT2D eigenvalue weighted by molar-refractivity contribution is 6.44. The van der Waals surface area contributed by atoms with Crippen molar-refractivity contribution in [3.8, 4) is 5.75 Å². The highest BCUT2D eigenvalue weighted by Crippen LogP contribution is 2.55. The SMILES string of the molecule is CCOc1ccc(C2Nc3c(Cl)cc(Cl)c(Cl)c3C3C=CCC32)cc1. The van der Waals surface area contributed by atoms with E-state index in [1.807, 2.05) is 19.1 Å². The molecule has 0 fully saturated rings. The van der Waals surface area contributed by atoms with Crippen molar-refractivity contribution >= 4 is 40.5 Å². The van der Waals surface area contributed by atoms with Crippen LogP contribution in [0.1, 0.15) is 36.4 Å². The smallest absolute Gasteiger partial charge is 0.119 e.